The Balaban J connectivity index is 1.48. The number of anilines is 1. The number of nitrogens with one attached hydrogen (secondary N) is 3. The van der Waals surface area contributed by atoms with Gasteiger partial charge in [0.1, 0.15) is 5.69 Å². The predicted molar refractivity (Wildman–Crippen MR) is 90.8 cm³/mol. The van der Waals surface area contributed by atoms with Gasteiger partial charge in [0.05, 0.1) is 12.1 Å². The number of hydrogen-bond acceptors (Lipinski definition) is 6. The Hall–Kier alpha value is -2.69. The van der Waals surface area contributed by atoms with Crippen molar-refractivity contribution < 1.29 is 18.0 Å². The summed E-state index contributed by atoms with van der Waals surface area (Å²) in [5.41, 5.74) is -0.0153. The molecule has 1 amide bonds. The number of carbonyl (C=O) groups is 1. The molecule has 8 nitrogen and oxygen atoms in total. The molecule has 146 valence electrons. The van der Waals surface area contributed by atoms with Gasteiger partial charge < -0.3 is 16.0 Å². The van der Waals surface area contributed by atoms with Crippen LogP contribution in [-0.4, -0.2) is 51.8 Å². The molecular weight excluding hydrogens is 363 g/mol. The van der Waals surface area contributed by atoms with Gasteiger partial charge in [-0.1, -0.05) is 0 Å². The Labute approximate surface area is 153 Å². The van der Waals surface area contributed by atoms with Crippen LogP contribution < -0.4 is 16.0 Å². The summed E-state index contributed by atoms with van der Waals surface area (Å²) in [7, 11) is 1.82. The summed E-state index contributed by atoms with van der Waals surface area (Å²) in [5.74, 6) is -0.423. The number of aryl methyl sites for hydroxylation is 1. The molecule has 2 aromatic heterocycles. The normalized spacial score (nSPS) is 19.9. The molecule has 1 aliphatic heterocycles. The fourth-order valence-electron chi connectivity index (χ4n) is 3.03. The molecule has 3 heterocycles. The molecular formula is C16H20F3N7O. The van der Waals surface area contributed by atoms with Crippen LogP contribution in [0.25, 0.3) is 0 Å². The minimum Gasteiger partial charge on any atom is -0.354 e. The summed E-state index contributed by atoms with van der Waals surface area (Å²) in [5, 5.41) is 12.8. The first-order chi connectivity index (χ1) is 12.8. The van der Waals surface area contributed by atoms with E-state index in [2.05, 4.69) is 31.0 Å². The molecule has 0 aliphatic carbocycles. The average molecular weight is 383 g/mol. The molecule has 0 unspecified atom stereocenters. The van der Waals surface area contributed by atoms with Crippen LogP contribution in [0.3, 0.4) is 0 Å². The van der Waals surface area contributed by atoms with Gasteiger partial charge in [-0.15, -0.1) is 0 Å². The second kappa shape index (κ2) is 7.91. The van der Waals surface area contributed by atoms with Gasteiger partial charge in [0.25, 0.3) is 0 Å². The lowest BCUT2D eigenvalue weighted by Gasteiger charge is -2.17. The van der Waals surface area contributed by atoms with E-state index in [1.807, 2.05) is 13.2 Å². The van der Waals surface area contributed by atoms with Crippen molar-refractivity contribution in [3.8, 4) is 0 Å². The minimum atomic E-state index is -4.52. The Morgan fingerprint density at radius 2 is 2.19 bits per heavy atom. The van der Waals surface area contributed by atoms with E-state index in [1.165, 1.54) is 0 Å². The van der Waals surface area contributed by atoms with E-state index in [4.69, 9.17) is 0 Å². The topological polar surface area (TPSA) is 96.8 Å². The third-order valence-corrected chi connectivity index (χ3v) is 4.36. The monoisotopic (exact) mass is 383 g/mol. The van der Waals surface area contributed by atoms with Crippen LogP contribution in [0, 0.1) is 5.92 Å². The lowest BCUT2D eigenvalue weighted by atomic mass is 9.90. The number of halogens is 3. The van der Waals surface area contributed by atoms with Crippen molar-refractivity contribution in [1.29, 1.82) is 0 Å². The number of nitrogens with zero attached hydrogens (tertiary/aromatic N) is 4. The van der Waals surface area contributed by atoms with Crippen molar-refractivity contribution in [2.45, 2.75) is 12.1 Å². The Morgan fingerprint density at radius 3 is 2.89 bits per heavy atom. The van der Waals surface area contributed by atoms with Crippen molar-refractivity contribution in [2.24, 2.45) is 13.0 Å². The summed E-state index contributed by atoms with van der Waals surface area (Å²) < 4.78 is 39.6. The zero-order chi connectivity index (χ0) is 19.4. The highest BCUT2D eigenvalue weighted by Crippen LogP contribution is 2.28. The molecule has 27 heavy (non-hydrogen) atoms. The van der Waals surface area contributed by atoms with Crippen LogP contribution >= 0.6 is 0 Å². The molecule has 0 aromatic carbocycles. The molecule has 3 N–H and O–H groups in total. The lowest BCUT2D eigenvalue weighted by Crippen LogP contribution is -2.37. The fourth-order valence-corrected chi connectivity index (χ4v) is 3.03. The zero-order valence-corrected chi connectivity index (χ0v) is 14.6. The first kappa shape index (κ1) is 19.1. The van der Waals surface area contributed by atoms with E-state index in [-0.39, 0.29) is 36.8 Å². The highest BCUT2D eigenvalue weighted by Gasteiger charge is 2.34. The van der Waals surface area contributed by atoms with Crippen LogP contribution in [0.1, 0.15) is 17.2 Å². The first-order valence-corrected chi connectivity index (χ1v) is 8.45. The van der Waals surface area contributed by atoms with E-state index in [0.29, 0.717) is 13.1 Å². The maximum Gasteiger partial charge on any atom is 0.433 e. The molecule has 1 fully saturated rings. The predicted octanol–water partition coefficient (Wildman–Crippen LogP) is 0.760. The molecule has 2 atom stereocenters. The third-order valence-electron chi connectivity index (χ3n) is 4.36. The Bertz CT molecular complexity index is 792. The molecule has 3 rings (SSSR count). The maximum atomic E-state index is 12.6. The Morgan fingerprint density at radius 1 is 1.37 bits per heavy atom. The SMILES string of the molecule is Cn1cc([C@H]2CNC[C@@H]2C(=O)NCCNc2nccc(C(F)(F)F)n2)cn1. The lowest BCUT2D eigenvalue weighted by molar-refractivity contribution is -0.141. The van der Waals surface area contributed by atoms with Crippen molar-refractivity contribution in [1.82, 2.24) is 30.4 Å². The van der Waals surface area contributed by atoms with Gasteiger partial charge in [-0.2, -0.15) is 18.3 Å². The number of rotatable bonds is 6. The van der Waals surface area contributed by atoms with Crippen LogP contribution in [0.2, 0.25) is 0 Å². The Kier molecular flexibility index (Phi) is 5.59. The summed E-state index contributed by atoms with van der Waals surface area (Å²) in [6.45, 7) is 1.72. The van der Waals surface area contributed by atoms with Crippen LogP contribution in [0.5, 0.6) is 0 Å². The van der Waals surface area contributed by atoms with Gasteiger partial charge in [-0.05, 0) is 11.6 Å². The molecule has 0 bridgehead atoms. The number of alkyl halides is 3. The molecule has 1 aliphatic rings. The van der Waals surface area contributed by atoms with Gasteiger partial charge >= 0.3 is 6.18 Å². The number of carbonyl (C=O) groups excluding carboxylic acids is 1. The van der Waals surface area contributed by atoms with E-state index >= 15 is 0 Å². The van der Waals surface area contributed by atoms with E-state index < -0.39 is 11.9 Å². The van der Waals surface area contributed by atoms with Crippen LogP contribution in [0.4, 0.5) is 19.1 Å². The smallest absolute Gasteiger partial charge is 0.354 e. The summed E-state index contributed by atoms with van der Waals surface area (Å²) in [4.78, 5) is 19.6. The first-order valence-electron chi connectivity index (χ1n) is 8.45. The van der Waals surface area contributed by atoms with Gasteiger partial charge in [-0.25, -0.2) is 9.97 Å². The van der Waals surface area contributed by atoms with Crippen molar-refractivity contribution in [3.05, 3.63) is 35.9 Å². The number of hydrogen-bond donors (Lipinski definition) is 3. The highest BCUT2D eigenvalue weighted by molar-refractivity contribution is 5.80. The van der Waals surface area contributed by atoms with Crippen LogP contribution in [-0.2, 0) is 18.0 Å². The zero-order valence-electron chi connectivity index (χ0n) is 14.6. The van der Waals surface area contributed by atoms with Crippen molar-refractivity contribution in [2.75, 3.05) is 31.5 Å². The van der Waals surface area contributed by atoms with Crippen molar-refractivity contribution in [3.63, 3.8) is 0 Å². The van der Waals surface area contributed by atoms with Gasteiger partial charge in [0, 0.05) is 51.5 Å². The molecule has 1 saturated heterocycles. The minimum absolute atomic E-state index is 0.0402. The quantitative estimate of drug-likeness (QED) is 0.638. The molecule has 0 saturated carbocycles. The maximum absolute atomic E-state index is 12.6. The van der Waals surface area contributed by atoms with Gasteiger partial charge in [0.15, 0.2) is 0 Å². The second-order valence-corrected chi connectivity index (χ2v) is 6.30. The largest absolute Gasteiger partial charge is 0.433 e. The molecule has 0 spiro atoms. The van der Waals surface area contributed by atoms with Gasteiger partial charge in [0.2, 0.25) is 11.9 Å². The molecule has 11 heteroatoms. The van der Waals surface area contributed by atoms with E-state index in [1.54, 1.807) is 10.9 Å². The molecule has 0 radical (unpaired) electrons. The molecule has 2 aromatic rings. The second-order valence-electron chi connectivity index (χ2n) is 6.30. The van der Waals surface area contributed by atoms with Gasteiger partial charge in [-0.3, -0.25) is 9.48 Å². The summed E-state index contributed by atoms with van der Waals surface area (Å²) in [6.07, 6.45) is 0.165. The number of aromatic nitrogens is 4. The summed E-state index contributed by atoms with van der Waals surface area (Å²) >= 11 is 0. The van der Waals surface area contributed by atoms with E-state index in [0.717, 1.165) is 17.8 Å². The fraction of sp³-hybridized carbons (Fsp3) is 0.500. The average Bonchev–Trinajstić information content (AvgIpc) is 3.26. The highest BCUT2D eigenvalue weighted by atomic mass is 19.4. The number of amides is 1. The van der Waals surface area contributed by atoms with Crippen LogP contribution in [0.15, 0.2) is 24.7 Å². The van der Waals surface area contributed by atoms with Crippen molar-refractivity contribution >= 4 is 11.9 Å². The summed E-state index contributed by atoms with van der Waals surface area (Å²) in [6, 6.07) is 0.804. The standard InChI is InChI=1S/C16H20F3N7O/c1-26-9-10(6-24-26)11-7-20-8-12(11)14(27)21-4-5-23-15-22-3-2-13(25-15)16(17,18)19/h2-3,6,9,11-12,20H,4-5,7-8H2,1H3,(H,21,27)(H,22,23,25)/t11-,12+/m1/s1. The van der Waals surface area contributed by atoms with E-state index in [9.17, 15) is 18.0 Å². The third kappa shape index (κ3) is 4.73.